The van der Waals surface area contributed by atoms with Crippen molar-refractivity contribution in [2.24, 2.45) is 4.99 Å². The number of rotatable bonds is 3. The number of benzene rings is 1. The first kappa shape index (κ1) is 13.2. The molecule has 1 aliphatic rings. The lowest BCUT2D eigenvalue weighted by atomic mass is 10.0. The van der Waals surface area contributed by atoms with E-state index in [0.29, 0.717) is 0 Å². The monoisotopic (exact) mass is 257 g/mol. The van der Waals surface area contributed by atoms with Gasteiger partial charge in [-0.1, -0.05) is 30.3 Å². The molecule has 2 heteroatoms. The quantitative estimate of drug-likeness (QED) is 0.587. The molecule has 0 spiro atoms. The summed E-state index contributed by atoms with van der Waals surface area (Å²) in [5.41, 5.74) is 5.03. The largest absolute Gasteiger partial charge is 0.260 e. The number of nitrogens with zero attached hydrogens (tertiary/aromatic N) is 1. The van der Waals surface area contributed by atoms with Crippen LogP contribution in [-0.2, 0) is 0 Å². The molecule has 0 heterocycles. The fourth-order valence-corrected chi connectivity index (χ4v) is 2.18. The van der Waals surface area contributed by atoms with Crippen molar-refractivity contribution in [3.8, 4) is 0 Å². The maximum atomic E-state index is 4.38. The highest BCUT2D eigenvalue weighted by Crippen LogP contribution is 2.27. The van der Waals surface area contributed by atoms with Crippen molar-refractivity contribution in [3.05, 3.63) is 52.6 Å². The Kier molecular flexibility index (Phi) is 4.43. The fourth-order valence-electron chi connectivity index (χ4n) is 2.12. The van der Waals surface area contributed by atoms with Crippen LogP contribution in [-0.4, -0.2) is 5.71 Å². The summed E-state index contributed by atoms with van der Waals surface area (Å²) >= 11 is 4.21. The zero-order valence-electron chi connectivity index (χ0n) is 11.0. The number of aliphatic imine (C=N–C) groups is 1. The average molecular weight is 257 g/mol. The maximum Gasteiger partial charge on any atom is 0.0445 e. The van der Waals surface area contributed by atoms with Crippen LogP contribution in [0.2, 0.25) is 0 Å². The molecule has 0 unspecified atom stereocenters. The fraction of sp³-hybridized carbons (Fsp3) is 0.312. The molecule has 1 aromatic carbocycles. The normalized spacial score (nSPS) is 16.9. The van der Waals surface area contributed by atoms with Crippen molar-refractivity contribution in [2.75, 3.05) is 0 Å². The Morgan fingerprint density at radius 2 is 1.94 bits per heavy atom. The van der Waals surface area contributed by atoms with Gasteiger partial charge in [-0.15, -0.1) is 12.6 Å². The van der Waals surface area contributed by atoms with E-state index >= 15 is 0 Å². The van der Waals surface area contributed by atoms with E-state index in [9.17, 15) is 0 Å². The summed E-state index contributed by atoms with van der Waals surface area (Å²) in [5.74, 6) is 0. The summed E-state index contributed by atoms with van der Waals surface area (Å²) in [6, 6.07) is 8.69. The second-order valence-corrected chi connectivity index (χ2v) is 5.39. The van der Waals surface area contributed by atoms with Gasteiger partial charge in [0.15, 0.2) is 0 Å². The molecular formula is C16H19NS. The van der Waals surface area contributed by atoms with Gasteiger partial charge in [0.2, 0.25) is 0 Å². The summed E-state index contributed by atoms with van der Waals surface area (Å²) in [6.07, 6.45) is 7.87. The van der Waals surface area contributed by atoms with E-state index in [-0.39, 0.29) is 0 Å². The van der Waals surface area contributed by atoms with Gasteiger partial charge in [-0.3, -0.25) is 4.99 Å². The maximum absolute atomic E-state index is 4.38. The van der Waals surface area contributed by atoms with E-state index in [1.165, 1.54) is 36.0 Å². The summed E-state index contributed by atoms with van der Waals surface area (Å²) in [7, 11) is 0. The minimum Gasteiger partial charge on any atom is -0.260 e. The molecule has 0 fully saturated rings. The molecule has 0 aromatic heterocycles. The highest BCUT2D eigenvalue weighted by atomic mass is 32.1. The molecule has 0 aliphatic heterocycles. The van der Waals surface area contributed by atoms with Crippen LogP contribution in [0.15, 0.2) is 46.4 Å². The van der Waals surface area contributed by atoms with E-state index in [2.05, 4.69) is 48.0 Å². The third-order valence-electron chi connectivity index (χ3n) is 3.16. The van der Waals surface area contributed by atoms with E-state index in [4.69, 9.17) is 0 Å². The lowest BCUT2D eigenvalue weighted by molar-refractivity contribution is 0.935. The summed E-state index contributed by atoms with van der Waals surface area (Å²) in [5, 5.41) is 0. The smallest absolute Gasteiger partial charge is 0.0445 e. The van der Waals surface area contributed by atoms with Crippen LogP contribution in [0.3, 0.4) is 0 Å². The summed E-state index contributed by atoms with van der Waals surface area (Å²) < 4.78 is 0. The predicted molar refractivity (Wildman–Crippen MR) is 83.2 cm³/mol. The second-order valence-electron chi connectivity index (χ2n) is 4.68. The Labute approximate surface area is 115 Å². The van der Waals surface area contributed by atoms with Crippen LogP contribution < -0.4 is 0 Å². The van der Waals surface area contributed by atoms with E-state index in [1.807, 2.05) is 13.8 Å². The van der Waals surface area contributed by atoms with Gasteiger partial charge in [0, 0.05) is 11.9 Å². The van der Waals surface area contributed by atoms with Gasteiger partial charge in [-0.05, 0) is 54.7 Å². The number of allylic oxidation sites excluding steroid dienone is 3. The first-order chi connectivity index (χ1) is 8.66. The summed E-state index contributed by atoms with van der Waals surface area (Å²) in [6.45, 7) is 3.95. The molecule has 0 atom stereocenters. The Bertz CT molecular complexity index is 502. The minimum atomic E-state index is 0.919. The second kappa shape index (κ2) is 6.05. The lowest BCUT2D eigenvalue weighted by Crippen LogP contribution is -1.94. The standard InChI is InChI=1S/C16H19NS/c1-12(18)11-17-13(2)14-7-9-16(10-8-14)15-5-3-4-6-15/h5,7-11,18H,3-4,6H2,1-2H3/b12-11+,17-13?. The third kappa shape index (κ3) is 3.36. The number of thiol groups is 1. The van der Waals surface area contributed by atoms with Gasteiger partial charge in [0.25, 0.3) is 0 Å². The van der Waals surface area contributed by atoms with Crippen molar-refractivity contribution in [1.29, 1.82) is 0 Å². The molecule has 0 radical (unpaired) electrons. The topological polar surface area (TPSA) is 12.4 Å². The van der Waals surface area contributed by atoms with E-state index in [0.717, 1.165) is 10.6 Å². The number of hydrogen-bond donors (Lipinski definition) is 1. The first-order valence-electron chi connectivity index (χ1n) is 6.37. The van der Waals surface area contributed by atoms with Crippen LogP contribution in [0.25, 0.3) is 5.57 Å². The van der Waals surface area contributed by atoms with Gasteiger partial charge >= 0.3 is 0 Å². The van der Waals surface area contributed by atoms with Crippen LogP contribution in [0, 0.1) is 0 Å². The lowest BCUT2D eigenvalue weighted by Gasteiger charge is -2.04. The number of hydrogen-bond acceptors (Lipinski definition) is 2. The van der Waals surface area contributed by atoms with Crippen molar-refractivity contribution in [1.82, 2.24) is 0 Å². The van der Waals surface area contributed by atoms with Gasteiger partial charge in [-0.25, -0.2) is 0 Å². The van der Waals surface area contributed by atoms with Crippen LogP contribution >= 0.6 is 12.6 Å². The highest BCUT2D eigenvalue weighted by molar-refractivity contribution is 7.84. The molecule has 18 heavy (non-hydrogen) atoms. The van der Waals surface area contributed by atoms with Crippen molar-refractivity contribution >= 4 is 23.9 Å². The van der Waals surface area contributed by atoms with Gasteiger partial charge in [0.05, 0.1) is 0 Å². The first-order valence-corrected chi connectivity index (χ1v) is 6.81. The zero-order valence-corrected chi connectivity index (χ0v) is 11.9. The predicted octanol–water partition coefficient (Wildman–Crippen LogP) is 4.85. The SMILES string of the molecule is CC(=N/C=C(\C)S)c1ccc(C2=CCCC2)cc1. The molecule has 1 nitrogen and oxygen atoms in total. The zero-order chi connectivity index (χ0) is 13.0. The van der Waals surface area contributed by atoms with Crippen LogP contribution in [0.4, 0.5) is 0 Å². The van der Waals surface area contributed by atoms with Crippen LogP contribution in [0.1, 0.15) is 44.2 Å². The average Bonchev–Trinajstić information content (AvgIpc) is 2.90. The molecule has 0 bridgehead atoms. The summed E-state index contributed by atoms with van der Waals surface area (Å²) in [4.78, 5) is 5.30. The molecular weight excluding hydrogens is 238 g/mol. The highest BCUT2D eigenvalue weighted by Gasteiger charge is 2.07. The molecule has 0 saturated heterocycles. The van der Waals surface area contributed by atoms with Gasteiger partial charge in [0.1, 0.15) is 0 Å². The van der Waals surface area contributed by atoms with Crippen molar-refractivity contribution in [2.45, 2.75) is 33.1 Å². The molecule has 0 N–H and O–H groups in total. The Balaban J connectivity index is 2.17. The molecule has 1 aliphatic carbocycles. The van der Waals surface area contributed by atoms with Crippen molar-refractivity contribution < 1.29 is 0 Å². The van der Waals surface area contributed by atoms with Crippen LogP contribution in [0.5, 0.6) is 0 Å². The Morgan fingerprint density at radius 1 is 1.22 bits per heavy atom. The minimum absolute atomic E-state index is 0.919. The van der Waals surface area contributed by atoms with Gasteiger partial charge < -0.3 is 0 Å². The molecule has 2 rings (SSSR count). The molecule has 0 amide bonds. The Morgan fingerprint density at radius 3 is 2.50 bits per heavy atom. The molecule has 0 saturated carbocycles. The van der Waals surface area contributed by atoms with E-state index < -0.39 is 0 Å². The molecule has 1 aromatic rings. The third-order valence-corrected chi connectivity index (χ3v) is 3.27. The van der Waals surface area contributed by atoms with Gasteiger partial charge in [-0.2, -0.15) is 0 Å². The Hall–Kier alpha value is -1.28. The van der Waals surface area contributed by atoms with Crippen molar-refractivity contribution in [3.63, 3.8) is 0 Å². The van der Waals surface area contributed by atoms with E-state index in [1.54, 1.807) is 6.20 Å². The molecule has 94 valence electrons.